The molecule has 5 heteroatoms. The highest BCUT2D eigenvalue weighted by atomic mass is 35.5. The number of carbonyl (C=O) groups is 1. The zero-order chi connectivity index (χ0) is 11.5. The summed E-state index contributed by atoms with van der Waals surface area (Å²) in [7, 11) is 0. The number of carboxylic acids is 1. The maximum atomic E-state index is 10.9. The fourth-order valence-corrected chi connectivity index (χ4v) is 1.66. The van der Waals surface area contributed by atoms with Crippen molar-refractivity contribution in [3.63, 3.8) is 0 Å². The van der Waals surface area contributed by atoms with Gasteiger partial charge in [0.05, 0.1) is 6.54 Å². The van der Waals surface area contributed by atoms with Crippen LogP contribution in [0.2, 0.25) is 5.02 Å². The maximum Gasteiger partial charge on any atom is 0.354 e. The molecule has 1 aromatic heterocycles. The van der Waals surface area contributed by atoms with Crippen LogP contribution in [0, 0.1) is 0 Å². The lowest BCUT2D eigenvalue weighted by Crippen LogP contribution is -2.10. The first-order valence-electron chi connectivity index (χ1n) is 4.66. The van der Waals surface area contributed by atoms with Gasteiger partial charge in [0, 0.05) is 11.2 Å². The van der Waals surface area contributed by atoms with Gasteiger partial charge in [-0.2, -0.15) is 5.10 Å². The Morgan fingerprint density at radius 3 is 2.94 bits per heavy atom. The van der Waals surface area contributed by atoms with Gasteiger partial charge in [-0.1, -0.05) is 23.7 Å². The second-order valence-electron chi connectivity index (χ2n) is 3.31. The molecule has 0 aliphatic carbocycles. The van der Waals surface area contributed by atoms with E-state index < -0.39 is 5.97 Å². The molecule has 1 aromatic carbocycles. The molecule has 0 spiro atoms. The highest BCUT2D eigenvalue weighted by Crippen LogP contribution is 2.12. The standard InChI is InChI=1S/C11H9ClN2O2/c12-9-3-1-2-8(6-9)7-14-10(11(15)16)4-5-13-14/h1-6H,7H2,(H,15,16). The fourth-order valence-electron chi connectivity index (χ4n) is 1.45. The van der Waals surface area contributed by atoms with Crippen molar-refractivity contribution in [3.05, 3.63) is 52.8 Å². The Labute approximate surface area is 97.1 Å². The quantitative estimate of drug-likeness (QED) is 0.890. The first-order valence-corrected chi connectivity index (χ1v) is 5.04. The summed E-state index contributed by atoms with van der Waals surface area (Å²) in [4.78, 5) is 10.9. The van der Waals surface area contributed by atoms with Crippen LogP contribution < -0.4 is 0 Å². The van der Waals surface area contributed by atoms with Gasteiger partial charge in [0.1, 0.15) is 5.69 Å². The van der Waals surface area contributed by atoms with E-state index in [0.717, 1.165) is 5.56 Å². The normalized spacial score (nSPS) is 10.3. The number of aromatic nitrogens is 2. The zero-order valence-corrected chi connectivity index (χ0v) is 9.05. The number of hydrogen-bond acceptors (Lipinski definition) is 2. The predicted octanol–water partition coefficient (Wildman–Crippen LogP) is 2.28. The third-order valence-corrected chi connectivity index (χ3v) is 2.39. The van der Waals surface area contributed by atoms with E-state index in [-0.39, 0.29) is 5.69 Å². The molecule has 0 aliphatic heterocycles. The predicted molar refractivity (Wildman–Crippen MR) is 59.7 cm³/mol. The first-order chi connectivity index (χ1) is 7.66. The van der Waals surface area contributed by atoms with Crippen molar-refractivity contribution in [2.24, 2.45) is 0 Å². The second kappa shape index (κ2) is 4.37. The number of hydrogen-bond donors (Lipinski definition) is 1. The molecule has 0 amide bonds. The molecule has 0 unspecified atom stereocenters. The highest BCUT2D eigenvalue weighted by Gasteiger charge is 2.09. The highest BCUT2D eigenvalue weighted by molar-refractivity contribution is 6.30. The largest absolute Gasteiger partial charge is 0.477 e. The monoisotopic (exact) mass is 236 g/mol. The van der Waals surface area contributed by atoms with Crippen LogP contribution >= 0.6 is 11.6 Å². The molecule has 2 rings (SSSR count). The van der Waals surface area contributed by atoms with Crippen LogP contribution in [0.15, 0.2) is 36.5 Å². The Bertz CT molecular complexity index is 522. The van der Waals surface area contributed by atoms with E-state index in [0.29, 0.717) is 11.6 Å². The number of benzene rings is 1. The number of aromatic carboxylic acids is 1. The number of halogens is 1. The summed E-state index contributed by atoms with van der Waals surface area (Å²) < 4.78 is 1.42. The molecular weight excluding hydrogens is 228 g/mol. The van der Waals surface area contributed by atoms with Crippen LogP contribution in [-0.2, 0) is 6.54 Å². The van der Waals surface area contributed by atoms with Crippen molar-refractivity contribution in [2.45, 2.75) is 6.54 Å². The molecule has 0 aliphatic rings. The van der Waals surface area contributed by atoms with E-state index in [1.807, 2.05) is 12.1 Å². The molecule has 16 heavy (non-hydrogen) atoms. The van der Waals surface area contributed by atoms with E-state index in [2.05, 4.69) is 5.10 Å². The van der Waals surface area contributed by atoms with Gasteiger partial charge >= 0.3 is 5.97 Å². The van der Waals surface area contributed by atoms with E-state index in [1.54, 1.807) is 12.1 Å². The summed E-state index contributed by atoms with van der Waals surface area (Å²) >= 11 is 5.84. The van der Waals surface area contributed by atoms with Gasteiger partial charge in [-0.15, -0.1) is 0 Å². The lowest BCUT2D eigenvalue weighted by molar-refractivity contribution is 0.0684. The van der Waals surface area contributed by atoms with E-state index in [4.69, 9.17) is 16.7 Å². The number of rotatable bonds is 3. The van der Waals surface area contributed by atoms with Gasteiger partial charge < -0.3 is 5.11 Å². The summed E-state index contributed by atoms with van der Waals surface area (Å²) in [5, 5.41) is 13.5. The molecule has 4 nitrogen and oxygen atoms in total. The van der Waals surface area contributed by atoms with Crippen LogP contribution in [-0.4, -0.2) is 20.9 Å². The van der Waals surface area contributed by atoms with Gasteiger partial charge in [-0.25, -0.2) is 4.79 Å². The van der Waals surface area contributed by atoms with Crippen molar-refractivity contribution in [3.8, 4) is 0 Å². The molecule has 0 atom stereocenters. The number of nitrogens with zero attached hydrogens (tertiary/aromatic N) is 2. The summed E-state index contributed by atoms with van der Waals surface area (Å²) in [6.45, 7) is 0.398. The summed E-state index contributed by atoms with van der Waals surface area (Å²) in [5.41, 5.74) is 1.08. The zero-order valence-electron chi connectivity index (χ0n) is 8.30. The van der Waals surface area contributed by atoms with Crippen LogP contribution in [0.1, 0.15) is 16.1 Å². The molecule has 1 heterocycles. The minimum absolute atomic E-state index is 0.167. The molecule has 0 bridgehead atoms. The van der Waals surface area contributed by atoms with Crippen molar-refractivity contribution < 1.29 is 9.90 Å². The third kappa shape index (κ3) is 2.23. The van der Waals surface area contributed by atoms with Crippen LogP contribution in [0.3, 0.4) is 0 Å². The molecule has 0 fully saturated rings. The average molecular weight is 237 g/mol. The van der Waals surface area contributed by atoms with E-state index >= 15 is 0 Å². The SMILES string of the molecule is O=C(O)c1ccnn1Cc1cccc(Cl)c1. The minimum atomic E-state index is -0.987. The Hall–Kier alpha value is -1.81. The van der Waals surface area contributed by atoms with Gasteiger partial charge in [0.25, 0.3) is 0 Å². The summed E-state index contributed by atoms with van der Waals surface area (Å²) in [6, 6.07) is 8.72. The maximum absolute atomic E-state index is 10.9. The van der Waals surface area contributed by atoms with Crippen molar-refractivity contribution in [1.29, 1.82) is 0 Å². The fraction of sp³-hybridized carbons (Fsp3) is 0.0909. The average Bonchev–Trinajstić information content (AvgIpc) is 2.66. The first kappa shape index (κ1) is 10.7. The van der Waals surface area contributed by atoms with Crippen molar-refractivity contribution >= 4 is 17.6 Å². The van der Waals surface area contributed by atoms with Crippen LogP contribution in [0.4, 0.5) is 0 Å². The Morgan fingerprint density at radius 2 is 2.25 bits per heavy atom. The van der Waals surface area contributed by atoms with Crippen LogP contribution in [0.5, 0.6) is 0 Å². The smallest absolute Gasteiger partial charge is 0.354 e. The van der Waals surface area contributed by atoms with E-state index in [1.165, 1.54) is 16.9 Å². The molecule has 0 saturated carbocycles. The number of carboxylic acid groups (broad SMARTS) is 1. The van der Waals surface area contributed by atoms with Crippen molar-refractivity contribution in [1.82, 2.24) is 9.78 Å². The van der Waals surface area contributed by atoms with Crippen molar-refractivity contribution in [2.75, 3.05) is 0 Å². The van der Waals surface area contributed by atoms with Gasteiger partial charge in [0.2, 0.25) is 0 Å². The molecular formula is C11H9ClN2O2. The molecule has 0 radical (unpaired) electrons. The Kier molecular flexibility index (Phi) is 2.92. The Balaban J connectivity index is 2.27. The second-order valence-corrected chi connectivity index (χ2v) is 3.75. The van der Waals surface area contributed by atoms with Gasteiger partial charge in [-0.05, 0) is 23.8 Å². The Morgan fingerprint density at radius 1 is 1.44 bits per heavy atom. The molecule has 82 valence electrons. The van der Waals surface area contributed by atoms with E-state index in [9.17, 15) is 4.79 Å². The summed E-state index contributed by atoms with van der Waals surface area (Å²) in [5.74, 6) is -0.987. The molecule has 2 aromatic rings. The topological polar surface area (TPSA) is 55.1 Å². The minimum Gasteiger partial charge on any atom is -0.477 e. The molecule has 1 N–H and O–H groups in total. The van der Waals surface area contributed by atoms with Gasteiger partial charge in [-0.3, -0.25) is 4.68 Å². The third-order valence-electron chi connectivity index (χ3n) is 2.16. The molecule has 0 saturated heterocycles. The van der Waals surface area contributed by atoms with Crippen LogP contribution in [0.25, 0.3) is 0 Å². The lowest BCUT2D eigenvalue weighted by atomic mass is 10.2. The summed E-state index contributed by atoms with van der Waals surface area (Å²) in [6.07, 6.45) is 1.47. The lowest BCUT2D eigenvalue weighted by Gasteiger charge is -2.04. The van der Waals surface area contributed by atoms with Gasteiger partial charge in [0.15, 0.2) is 0 Å².